The summed E-state index contributed by atoms with van der Waals surface area (Å²) in [6, 6.07) is 14.5. The highest BCUT2D eigenvalue weighted by atomic mass is 16.5. The molecule has 158 valence electrons. The Bertz CT molecular complexity index is 969. The largest absolute Gasteiger partial charge is 0.465 e. The topological polar surface area (TPSA) is 82.0 Å². The van der Waals surface area contributed by atoms with Crippen LogP contribution in [-0.2, 0) is 11.3 Å². The Labute approximate surface area is 176 Å². The highest BCUT2D eigenvalue weighted by Crippen LogP contribution is 2.30. The standard InChI is InChI=1S/C24H28N2O4/c27-12-10-21-8-7-20(14-25-21)22-9-11-26(24(28)29)15-23(22)30-16-17-5-6-18-3-1-2-4-19(18)13-17/h1-8,13,22-23,25,27H,9-12,14-16H2,(H,28,29). The number of hydrogen-bond donors (Lipinski definition) is 3. The minimum Gasteiger partial charge on any atom is -0.465 e. The molecule has 0 spiro atoms. The van der Waals surface area contributed by atoms with E-state index in [-0.39, 0.29) is 18.6 Å². The monoisotopic (exact) mass is 408 g/mol. The number of fused-ring (bicyclic) bond motifs is 1. The van der Waals surface area contributed by atoms with E-state index < -0.39 is 6.09 Å². The number of piperidine rings is 1. The number of ether oxygens (including phenoxy) is 1. The number of hydrogen-bond acceptors (Lipinski definition) is 4. The Morgan fingerprint density at radius 1 is 1.17 bits per heavy atom. The molecule has 6 nitrogen and oxygen atoms in total. The molecule has 2 unspecified atom stereocenters. The molecule has 2 heterocycles. The van der Waals surface area contributed by atoms with Crippen molar-refractivity contribution >= 4 is 16.9 Å². The molecule has 3 N–H and O–H groups in total. The van der Waals surface area contributed by atoms with E-state index >= 15 is 0 Å². The summed E-state index contributed by atoms with van der Waals surface area (Å²) < 4.78 is 6.30. The van der Waals surface area contributed by atoms with Crippen molar-refractivity contribution in [2.75, 3.05) is 26.2 Å². The second kappa shape index (κ2) is 9.32. The number of carbonyl (C=O) groups is 1. The summed E-state index contributed by atoms with van der Waals surface area (Å²) in [6.45, 7) is 2.17. The van der Waals surface area contributed by atoms with Crippen LogP contribution in [0, 0.1) is 5.92 Å². The fourth-order valence-electron chi connectivity index (χ4n) is 4.30. The van der Waals surface area contributed by atoms with Crippen molar-refractivity contribution in [3.63, 3.8) is 0 Å². The molecule has 0 saturated carbocycles. The summed E-state index contributed by atoms with van der Waals surface area (Å²) in [4.78, 5) is 13.0. The lowest BCUT2D eigenvalue weighted by Gasteiger charge is -2.39. The van der Waals surface area contributed by atoms with Crippen LogP contribution in [0.1, 0.15) is 18.4 Å². The van der Waals surface area contributed by atoms with Gasteiger partial charge in [0.15, 0.2) is 0 Å². The Hall–Kier alpha value is -2.83. The van der Waals surface area contributed by atoms with Gasteiger partial charge < -0.3 is 25.2 Å². The van der Waals surface area contributed by atoms with Gasteiger partial charge in [-0.25, -0.2) is 4.79 Å². The van der Waals surface area contributed by atoms with Crippen molar-refractivity contribution in [3.8, 4) is 0 Å². The second-order valence-corrected chi connectivity index (χ2v) is 7.92. The summed E-state index contributed by atoms with van der Waals surface area (Å²) in [6.07, 6.45) is 4.39. The number of nitrogens with zero attached hydrogens (tertiary/aromatic N) is 1. The average molecular weight is 408 g/mol. The predicted molar refractivity (Wildman–Crippen MR) is 116 cm³/mol. The van der Waals surface area contributed by atoms with Crippen LogP contribution < -0.4 is 5.32 Å². The summed E-state index contributed by atoms with van der Waals surface area (Å²) in [7, 11) is 0. The van der Waals surface area contributed by atoms with Gasteiger partial charge in [0, 0.05) is 37.7 Å². The number of amides is 1. The van der Waals surface area contributed by atoms with Crippen molar-refractivity contribution < 1.29 is 19.7 Å². The van der Waals surface area contributed by atoms with Gasteiger partial charge in [-0.2, -0.15) is 0 Å². The van der Waals surface area contributed by atoms with Gasteiger partial charge in [0.1, 0.15) is 0 Å². The Balaban J connectivity index is 1.49. The Kier molecular flexibility index (Phi) is 6.35. The molecule has 2 aliphatic heterocycles. The van der Waals surface area contributed by atoms with Crippen molar-refractivity contribution in [2.24, 2.45) is 5.92 Å². The molecular formula is C24H28N2O4. The van der Waals surface area contributed by atoms with Crippen LogP contribution in [0.25, 0.3) is 10.8 Å². The highest BCUT2D eigenvalue weighted by Gasteiger charge is 2.34. The average Bonchev–Trinajstić information content (AvgIpc) is 2.78. The van der Waals surface area contributed by atoms with E-state index in [1.54, 1.807) is 0 Å². The molecule has 2 atom stereocenters. The third kappa shape index (κ3) is 4.66. The van der Waals surface area contributed by atoms with Gasteiger partial charge in [-0.1, -0.05) is 42.5 Å². The first-order valence-electron chi connectivity index (χ1n) is 10.5. The molecule has 6 heteroatoms. The lowest BCUT2D eigenvalue weighted by atomic mass is 9.85. The number of aliphatic hydroxyl groups is 1. The zero-order valence-electron chi connectivity index (χ0n) is 17.0. The van der Waals surface area contributed by atoms with E-state index in [0.717, 1.165) is 17.7 Å². The third-order valence-corrected chi connectivity index (χ3v) is 5.98. The number of allylic oxidation sites excluding steroid dienone is 2. The smallest absolute Gasteiger partial charge is 0.407 e. The minimum absolute atomic E-state index is 0.122. The van der Waals surface area contributed by atoms with Crippen LogP contribution >= 0.6 is 0 Å². The fraction of sp³-hybridized carbons (Fsp3) is 0.375. The quantitative estimate of drug-likeness (QED) is 0.681. The van der Waals surface area contributed by atoms with Gasteiger partial charge in [0.2, 0.25) is 0 Å². The molecular weight excluding hydrogens is 380 g/mol. The molecule has 2 aliphatic rings. The molecule has 1 amide bonds. The predicted octanol–water partition coefficient (Wildman–Crippen LogP) is 3.52. The first-order chi connectivity index (χ1) is 14.6. The van der Waals surface area contributed by atoms with Crippen molar-refractivity contribution in [2.45, 2.75) is 25.6 Å². The Morgan fingerprint density at radius 3 is 2.73 bits per heavy atom. The van der Waals surface area contributed by atoms with Crippen molar-refractivity contribution in [3.05, 3.63) is 71.5 Å². The molecule has 4 rings (SSSR count). The first kappa shape index (κ1) is 20.4. The molecule has 2 aromatic carbocycles. The number of carboxylic acid groups (broad SMARTS) is 1. The van der Waals surface area contributed by atoms with E-state index in [2.05, 4.69) is 41.7 Å². The SMILES string of the molecule is O=C(O)N1CCC(C2=CC=C(CCO)NC2)C(OCc2ccc3ccccc3c2)C1. The van der Waals surface area contributed by atoms with Crippen LogP contribution in [0.3, 0.4) is 0 Å². The van der Waals surface area contributed by atoms with E-state index in [1.807, 2.05) is 18.2 Å². The maximum atomic E-state index is 11.5. The number of benzene rings is 2. The number of likely N-dealkylation sites (tertiary alicyclic amines) is 1. The molecule has 0 aliphatic carbocycles. The lowest BCUT2D eigenvalue weighted by Crippen LogP contribution is -2.48. The van der Waals surface area contributed by atoms with E-state index in [1.165, 1.54) is 21.2 Å². The molecule has 1 saturated heterocycles. The Morgan fingerprint density at radius 2 is 2.00 bits per heavy atom. The minimum atomic E-state index is -0.895. The maximum Gasteiger partial charge on any atom is 0.407 e. The molecule has 30 heavy (non-hydrogen) atoms. The van der Waals surface area contributed by atoms with Crippen LogP contribution in [-0.4, -0.2) is 53.6 Å². The summed E-state index contributed by atoms with van der Waals surface area (Å²) in [5.74, 6) is 0.167. The molecule has 0 aromatic heterocycles. The molecule has 2 aromatic rings. The van der Waals surface area contributed by atoms with Crippen LogP contribution in [0.15, 0.2) is 65.9 Å². The van der Waals surface area contributed by atoms with Gasteiger partial charge in [-0.05, 0) is 40.5 Å². The van der Waals surface area contributed by atoms with Gasteiger partial charge in [0.05, 0.1) is 19.3 Å². The summed E-state index contributed by atoms with van der Waals surface area (Å²) in [5, 5.41) is 24.3. The zero-order chi connectivity index (χ0) is 20.9. The van der Waals surface area contributed by atoms with Crippen LogP contribution in [0.4, 0.5) is 4.79 Å². The van der Waals surface area contributed by atoms with E-state index in [4.69, 9.17) is 9.84 Å². The number of nitrogens with one attached hydrogen (secondary N) is 1. The highest BCUT2D eigenvalue weighted by molar-refractivity contribution is 5.82. The normalized spacial score (nSPS) is 21.7. The van der Waals surface area contributed by atoms with Gasteiger partial charge >= 0.3 is 6.09 Å². The summed E-state index contributed by atoms with van der Waals surface area (Å²) >= 11 is 0. The van der Waals surface area contributed by atoms with Crippen LogP contribution in [0.2, 0.25) is 0 Å². The fourth-order valence-corrected chi connectivity index (χ4v) is 4.30. The summed E-state index contributed by atoms with van der Waals surface area (Å²) in [5.41, 5.74) is 3.34. The van der Waals surface area contributed by atoms with Gasteiger partial charge in [-0.3, -0.25) is 0 Å². The van der Waals surface area contributed by atoms with E-state index in [0.29, 0.717) is 32.7 Å². The van der Waals surface area contributed by atoms with E-state index in [9.17, 15) is 9.90 Å². The van der Waals surface area contributed by atoms with Crippen molar-refractivity contribution in [1.82, 2.24) is 10.2 Å². The second-order valence-electron chi connectivity index (χ2n) is 7.92. The molecule has 1 fully saturated rings. The van der Waals surface area contributed by atoms with Gasteiger partial charge in [-0.15, -0.1) is 0 Å². The number of aliphatic hydroxyl groups excluding tert-OH is 1. The van der Waals surface area contributed by atoms with Crippen LogP contribution in [0.5, 0.6) is 0 Å². The lowest BCUT2D eigenvalue weighted by molar-refractivity contribution is -0.0318. The molecule has 0 radical (unpaired) electrons. The maximum absolute atomic E-state index is 11.5. The third-order valence-electron chi connectivity index (χ3n) is 5.98. The number of rotatable bonds is 6. The van der Waals surface area contributed by atoms with Crippen molar-refractivity contribution in [1.29, 1.82) is 0 Å². The van der Waals surface area contributed by atoms with Gasteiger partial charge in [0.25, 0.3) is 0 Å². The molecule has 0 bridgehead atoms. The zero-order valence-corrected chi connectivity index (χ0v) is 17.0. The number of dihydropyridines is 1. The first-order valence-corrected chi connectivity index (χ1v) is 10.5.